The summed E-state index contributed by atoms with van der Waals surface area (Å²) in [4.78, 5) is 22.3. The van der Waals surface area contributed by atoms with Crippen molar-refractivity contribution in [3.63, 3.8) is 0 Å². The highest BCUT2D eigenvalue weighted by Gasteiger charge is 2.06. The molecule has 0 saturated heterocycles. The van der Waals surface area contributed by atoms with Gasteiger partial charge in [0.1, 0.15) is 12.4 Å². The molecule has 0 aliphatic carbocycles. The Morgan fingerprint density at radius 2 is 1.67 bits per heavy atom. The lowest BCUT2D eigenvalue weighted by molar-refractivity contribution is -0.117. The fourth-order valence-electron chi connectivity index (χ4n) is 1.71. The van der Waals surface area contributed by atoms with Crippen molar-refractivity contribution in [1.29, 1.82) is 0 Å². The lowest BCUT2D eigenvalue weighted by Gasteiger charge is -2.07. The summed E-state index contributed by atoms with van der Waals surface area (Å²) >= 11 is 0. The van der Waals surface area contributed by atoms with Crippen molar-refractivity contribution >= 4 is 11.8 Å². The van der Waals surface area contributed by atoms with Crippen LogP contribution in [0.3, 0.4) is 0 Å². The number of carbonyl (C=O) groups excluding carboxylic acids is 2. The zero-order valence-corrected chi connectivity index (χ0v) is 11.4. The van der Waals surface area contributed by atoms with Crippen molar-refractivity contribution in [2.45, 2.75) is 6.61 Å². The highest BCUT2D eigenvalue weighted by Crippen LogP contribution is 2.14. The van der Waals surface area contributed by atoms with E-state index in [9.17, 15) is 9.59 Å². The van der Waals surface area contributed by atoms with E-state index >= 15 is 0 Å². The number of hydrogen-bond donors (Lipinski definition) is 2. The molecule has 0 bridgehead atoms. The van der Waals surface area contributed by atoms with Crippen molar-refractivity contribution in [2.24, 2.45) is 5.73 Å². The molecule has 3 N–H and O–H groups in total. The fraction of sp³-hybridized carbons (Fsp3) is 0.125. The van der Waals surface area contributed by atoms with Crippen LogP contribution in [0.4, 0.5) is 0 Å². The minimum atomic E-state index is -0.578. The number of hydrogen-bond acceptors (Lipinski definition) is 3. The van der Waals surface area contributed by atoms with Crippen LogP contribution in [0.2, 0.25) is 0 Å². The Kier molecular flexibility index (Phi) is 4.93. The number of ether oxygens (including phenoxy) is 1. The van der Waals surface area contributed by atoms with Gasteiger partial charge in [0, 0.05) is 5.56 Å². The number of primary amides is 1. The Balaban J connectivity index is 1.89. The van der Waals surface area contributed by atoms with Crippen molar-refractivity contribution in [3.8, 4) is 5.75 Å². The molecule has 2 aromatic carbocycles. The number of rotatable bonds is 6. The third-order valence-electron chi connectivity index (χ3n) is 2.79. The molecule has 0 unspecified atom stereocenters. The van der Waals surface area contributed by atoms with Gasteiger partial charge < -0.3 is 15.8 Å². The van der Waals surface area contributed by atoms with Gasteiger partial charge in [-0.15, -0.1) is 0 Å². The maximum atomic E-state index is 11.7. The fourth-order valence-corrected chi connectivity index (χ4v) is 1.71. The van der Waals surface area contributed by atoms with Crippen LogP contribution in [0.5, 0.6) is 5.75 Å². The highest BCUT2D eigenvalue weighted by molar-refractivity contribution is 5.96. The number of carbonyl (C=O) groups is 2. The quantitative estimate of drug-likeness (QED) is 0.843. The van der Waals surface area contributed by atoms with Crippen LogP contribution >= 0.6 is 0 Å². The van der Waals surface area contributed by atoms with Gasteiger partial charge >= 0.3 is 0 Å². The van der Waals surface area contributed by atoms with E-state index in [0.29, 0.717) is 17.9 Å². The predicted molar refractivity (Wildman–Crippen MR) is 78.7 cm³/mol. The molecule has 2 rings (SSSR count). The Morgan fingerprint density at radius 3 is 2.29 bits per heavy atom. The molecule has 0 atom stereocenters. The SMILES string of the molecule is NC(=O)CNC(=O)c1ccc(OCc2ccccc2)cc1. The summed E-state index contributed by atoms with van der Waals surface area (Å²) < 4.78 is 5.62. The van der Waals surface area contributed by atoms with Gasteiger partial charge in [0.25, 0.3) is 5.91 Å². The van der Waals surface area contributed by atoms with Gasteiger partial charge in [-0.25, -0.2) is 0 Å². The average molecular weight is 284 g/mol. The van der Waals surface area contributed by atoms with E-state index in [1.807, 2.05) is 30.3 Å². The van der Waals surface area contributed by atoms with Crippen molar-refractivity contribution in [1.82, 2.24) is 5.32 Å². The summed E-state index contributed by atoms with van der Waals surface area (Å²) in [6, 6.07) is 16.5. The number of benzene rings is 2. The number of nitrogens with two attached hydrogens (primary N) is 1. The van der Waals surface area contributed by atoms with Crippen LogP contribution in [0, 0.1) is 0 Å². The molecule has 5 nitrogen and oxygen atoms in total. The molecule has 0 radical (unpaired) electrons. The van der Waals surface area contributed by atoms with Crippen LogP contribution in [-0.2, 0) is 11.4 Å². The van der Waals surface area contributed by atoms with Gasteiger partial charge in [-0.1, -0.05) is 30.3 Å². The summed E-state index contributed by atoms with van der Waals surface area (Å²) in [7, 11) is 0. The van der Waals surface area contributed by atoms with Crippen LogP contribution in [0.15, 0.2) is 54.6 Å². The first-order valence-corrected chi connectivity index (χ1v) is 6.48. The molecule has 21 heavy (non-hydrogen) atoms. The van der Waals surface area contributed by atoms with Gasteiger partial charge in [-0.05, 0) is 29.8 Å². The molecule has 0 heterocycles. The van der Waals surface area contributed by atoms with Crippen LogP contribution in [-0.4, -0.2) is 18.4 Å². The van der Waals surface area contributed by atoms with Crippen molar-refractivity contribution in [3.05, 3.63) is 65.7 Å². The zero-order chi connectivity index (χ0) is 15.1. The summed E-state index contributed by atoms with van der Waals surface area (Å²) in [5, 5.41) is 2.42. The molecule has 5 heteroatoms. The Labute approximate surface area is 122 Å². The molecule has 0 aromatic heterocycles. The van der Waals surface area contributed by atoms with E-state index in [1.54, 1.807) is 24.3 Å². The van der Waals surface area contributed by atoms with Crippen LogP contribution in [0.1, 0.15) is 15.9 Å². The lowest BCUT2D eigenvalue weighted by Crippen LogP contribution is -2.33. The van der Waals surface area contributed by atoms with E-state index in [-0.39, 0.29) is 12.5 Å². The second-order valence-corrected chi connectivity index (χ2v) is 4.45. The molecule has 0 spiro atoms. The van der Waals surface area contributed by atoms with Gasteiger partial charge in [0.05, 0.1) is 6.54 Å². The zero-order valence-electron chi connectivity index (χ0n) is 11.4. The first kappa shape index (κ1) is 14.6. The molecule has 0 aliphatic rings. The van der Waals surface area contributed by atoms with Gasteiger partial charge in [0.15, 0.2) is 0 Å². The molecule has 108 valence electrons. The third-order valence-corrected chi connectivity index (χ3v) is 2.79. The first-order chi connectivity index (χ1) is 10.1. The van der Waals surface area contributed by atoms with E-state index < -0.39 is 5.91 Å². The third kappa shape index (κ3) is 4.65. The molecule has 2 amide bonds. The van der Waals surface area contributed by atoms with Gasteiger partial charge in [-0.3, -0.25) is 9.59 Å². The molecule has 0 aliphatic heterocycles. The van der Waals surface area contributed by atoms with Crippen molar-refractivity contribution in [2.75, 3.05) is 6.54 Å². The Bertz CT molecular complexity index is 609. The van der Waals surface area contributed by atoms with Gasteiger partial charge in [-0.2, -0.15) is 0 Å². The second kappa shape index (κ2) is 7.09. The summed E-state index contributed by atoms with van der Waals surface area (Å²) in [6.45, 7) is 0.291. The monoisotopic (exact) mass is 284 g/mol. The first-order valence-electron chi connectivity index (χ1n) is 6.48. The Morgan fingerprint density at radius 1 is 1.00 bits per heavy atom. The molecule has 0 fully saturated rings. The summed E-state index contributed by atoms with van der Waals surface area (Å²) in [6.07, 6.45) is 0. The summed E-state index contributed by atoms with van der Waals surface area (Å²) in [5.74, 6) is -0.250. The lowest BCUT2D eigenvalue weighted by atomic mass is 10.2. The van der Waals surface area contributed by atoms with Crippen molar-refractivity contribution < 1.29 is 14.3 Å². The minimum absolute atomic E-state index is 0.176. The van der Waals surface area contributed by atoms with E-state index in [4.69, 9.17) is 10.5 Å². The minimum Gasteiger partial charge on any atom is -0.489 e. The summed E-state index contributed by atoms with van der Waals surface area (Å²) in [5.41, 5.74) is 6.48. The predicted octanol–water partition coefficient (Wildman–Crippen LogP) is 1.48. The maximum absolute atomic E-state index is 11.7. The average Bonchev–Trinajstić information content (AvgIpc) is 2.52. The van der Waals surface area contributed by atoms with Crippen LogP contribution < -0.4 is 15.8 Å². The van der Waals surface area contributed by atoms with E-state index in [2.05, 4.69) is 5.32 Å². The van der Waals surface area contributed by atoms with Gasteiger partial charge in [0.2, 0.25) is 5.91 Å². The molecular formula is C16H16N2O3. The van der Waals surface area contributed by atoms with E-state index in [1.165, 1.54) is 0 Å². The largest absolute Gasteiger partial charge is 0.489 e. The Hall–Kier alpha value is -2.82. The molecule has 2 aromatic rings. The standard InChI is InChI=1S/C16H16N2O3/c17-15(19)10-18-16(20)13-6-8-14(9-7-13)21-11-12-4-2-1-3-5-12/h1-9H,10-11H2,(H2,17,19)(H,18,20). The smallest absolute Gasteiger partial charge is 0.251 e. The highest BCUT2D eigenvalue weighted by atomic mass is 16.5. The second-order valence-electron chi connectivity index (χ2n) is 4.45. The molecular weight excluding hydrogens is 268 g/mol. The topological polar surface area (TPSA) is 81.4 Å². The number of nitrogens with one attached hydrogen (secondary N) is 1. The number of amides is 2. The normalized spacial score (nSPS) is 9.90. The maximum Gasteiger partial charge on any atom is 0.251 e. The van der Waals surface area contributed by atoms with Crippen LogP contribution in [0.25, 0.3) is 0 Å². The molecule has 0 saturated carbocycles. The van der Waals surface area contributed by atoms with E-state index in [0.717, 1.165) is 5.56 Å².